The summed E-state index contributed by atoms with van der Waals surface area (Å²) in [6, 6.07) is 8.66. The minimum Gasteiger partial charge on any atom is -0.330 e. The first-order valence-electron chi connectivity index (χ1n) is 5.60. The van der Waals surface area contributed by atoms with Crippen molar-refractivity contribution in [3.63, 3.8) is 0 Å². The van der Waals surface area contributed by atoms with Gasteiger partial charge in [0, 0.05) is 4.47 Å². The molecule has 0 fully saturated rings. The highest BCUT2D eigenvalue weighted by Gasteiger charge is 2.14. The maximum absolute atomic E-state index is 5.57. The van der Waals surface area contributed by atoms with Crippen molar-refractivity contribution in [3.05, 3.63) is 34.3 Å². The lowest BCUT2D eigenvalue weighted by molar-refractivity contribution is 0.458. The number of rotatable bonds is 5. The molecule has 0 aliphatic carbocycles. The normalized spacial score (nSPS) is 13.1. The maximum Gasteiger partial charge on any atom is 0.0175 e. The second kappa shape index (κ2) is 6.29. The summed E-state index contributed by atoms with van der Waals surface area (Å²) in [5.41, 5.74) is 7.00. The Bertz CT molecular complexity index is 279. The van der Waals surface area contributed by atoms with E-state index in [0.717, 1.165) is 17.4 Å². The summed E-state index contributed by atoms with van der Waals surface area (Å²) >= 11 is 3.46. The topological polar surface area (TPSA) is 26.0 Å². The van der Waals surface area contributed by atoms with Gasteiger partial charge in [0.1, 0.15) is 0 Å². The average Bonchev–Trinajstić information content (AvgIpc) is 2.21. The molecule has 0 saturated heterocycles. The minimum absolute atomic E-state index is 0.640. The Morgan fingerprint density at radius 2 is 1.80 bits per heavy atom. The van der Waals surface area contributed by atoms with E-state index >= 15 is 0 Å². The molecule has 0 aliphatic heterocycles. The van der Waals surface area contributed by atoms with E-state index in [2.05, 4.69) is 54.0 Å². The predicted octanol–water partition coefficient (Wildman–Crippen LogP) is 3.93. The van der Waals surface area contributed by atoms with Gasteiger partial charge in [-0.25, -0.2) is 0 Å². The smallest absolute Gasteiger partial charge is 0.0175 e. The third-order valence-electron chi connectivity index (χ3n) is 2.82. The van der Waals surface area contributed by atoms with Crippen LogP contribution in [0.3, 0.4) is 0 Å². The zero-order valence-corrected chi connectivity index (χ0v) is 11.1. The molecule has 1 nitrogen and oxygen atoms in total. The van der Waals surface area contributed by atoms with Gasteiger partial charge in [0.05, 0.1) is 0 Å². The zero-order valence-electron chi connectivity index (χ0n) is 9.54. The number of halogens is 1. The van der Waals surface area contributed by atoms with Crippen LogP contribution in [0.25, 0.3) is 0 Å². The van der Waals surface area contributed by atoms with E-state index in [4.69, 9.17) is 5.73 Å². The van der Waals surface area contributed by atoms with Gasteiger partial charge in [-0.15, -0.1) is 0 Å². The number of benzene rings is 1. The lowest BCUT2D eigenvalue weighted by Crippen LogP contribution is -2.09. The largest absolute Gasteiger partial charge is 0.330 e. The molecule has 1 unspecified atom stereocenters. The van der Waals surface area contributed by atoms with Gasteiger partial charge < -0.3 is 5.73 Å². The molecule has 0 heterocycles. The second-order valence-corrected chi connectivity index (χ2v) is 5.25. The molecule has 0 saturated carbocycles. The molecular weight excluding hydrogens is 250 g/mol. The van der Waals surface area contributed by atoms with Crippen LogP contribution in [0.2, 0.25) is 0 Å². The van der Waals surface area contributed by atoms with Crippen LogP contribution in [0.15, 0.2) is 28.7 Å². The molecule has 0 aliphatic rings. The van der Waals surface area contributed by atoms with Crippen LogP contribution in [0.4, 0.5) is 0 Å². The van der Waals surface area contributed by atoms with Crippen molar-refractivity contribution in [3.8, 4) is 0 Å². The maximum atomic E-state index is 5.57. The first kappa shape index (κ1) is 12.7. The summed E-state index contributed by atoms with van der Waals surface area (Å²) in [5, 5.41) is 0. The van der Waals surface area contributed by atoms with Crippen LogP contribution in [0.1, 0.15) is 38.2 Å². The van der Waals surface area contributed by atoms with E-state index < -0.39 is 0 Å². The molecule has 1 rings (SSSR count). The first-order valence-corrected chi connectivity index (χ1v) is 6.40. The zero-order chi connectivity index (χ0) is 11.3. The van der Waals surface area contributed by atoms with Crippen molar-refractivity contribution in [1.82, 2.24) is 0 Å². The van der Waals surface area contributed by atoms with Crippen molar-refractivity contribution >= 4 is 15.9 Å². The Balaban J connectivity index is 2.74. The van der Waals surface area contributed by atoms with E-state index in [-0.39, 0.29) is 0 Å². The molecule has 84 valence electrons. The molecule has 1 aromatic carbocycles. The lowest BCUT2D eigenvalue weighted by Gasteiger charge is -2.21. The van der Waals surface area contributed by atoms with E-state index in [1.54, 1.807) is 0 Å². The molecular formula is C13H20BrN. The highest BCUT2D eigenvalue weighted by Crippen LogP contribution is 2.29. The van der Waals surface area contributed by atoms with E-state index in [9.17, 15) is 0 Å². The summed E-state index contributed by atoms with van der Waals surface area (Å²) in [6.07, 6.45) is 2.30. The third-order valence-corrected chi connectivity index (χ3v) is 3.35. The van der Waals surface area contributed by atoms with Gasteiger partial charge in [-0.1, -0.05) is 41.9 Å². The number of nitrogens with two attached hydrogens (primary N) is 1. The summed E-state index contributed by atoms with van der Waals surface area (Å²) in [6.45, 7) is 5.35. The quantitative estimate of drug-likeness (QED) is 0.862. The van der Waals surface area contributed by atoms with E-state index in [1.807, 2.05) is 0 Å². The Labute approximate surface area is 101 Å². The summed E-state index contributed by atoms with van der Waals surface area (Å²) in [4.78, 5) is 0. The lowest BCUT2D eigenvalue weighted by atomic mass is 9.85. The highest BCUT2D eigenvalue weighted by atomic mass is 79.9. The number of hydrogen-bond acceptors (Lipinski definition) is 1. The van der Waals surface area contributed by atoms with E-state index in [1.165, 1.54) is 12.0 Å². The summed E-state index contributed by atoms with van der Waals surface area (Å²) < 4.78 is 1.15. The van der Waals surface area contributed by atoms with Gasteiger partial charge in [0.15, 0.2) is 0 Å². The molecule has 15 heavy (non-hydrogen) atoms. The van der Waals surface area contributed by atoms with Crippen molar-refractivity contribution in [2.45, 2.75) is 32.6 Å². The van der Waals surface area contributed by atoms with Gasteiger partial charge in [0.25, 0.3) is 0 Å². The van der Waals surface area contributed by atoms with Gasteiger partial charge >= 0.3 is 0 Å². The highest BCUT2D eigenvalue weighted by molar-refractivity contribution is 9.10. The van der Waals surface area contributed by atoms with Crippen molar-refractivity contribution in [1.29, 1.82) is 0 Å². The SMILES string of the molecule is CC(C)C(CCCN)c1ccc(Br)cc1. The van der Waals surface area contributed by atoms with Gasteiger partial charge in [-0.2, -0.15) is 0 Å². The number of hydrogen-bond donors (Lipinski definition) is 1. The molecule has 2 heteroatoms. The minimum atomic E-state index is 0.640. The Morgan fingerprint density at radius 3 is 2.27 bits per heavy atom. The van der Waals surface area contributed by atoms with Crippen molar-refractivity contribution in [2.75, 3.05) is 6.54 Å². The standard InChI is InChI=1S/C13H20BrN/c1-10(2)13(4-3-9-15)11-5-7-12(14)8-6-11/h5-8,10,13H,3-4,9,15H2,1-2H3. The summed E-state index contributed by atoms with van der Waals surface area (Å²) in [5.74, 6) is 1.32. The molecule has 0 bridgehead atoms. The van der Waals surface area contributed by atoms with Crippen LogP contribution in [-0.2, 0) is 0 Å². The molecule has 0 spiro atoms. The Kier molecular flexibility index (Phi) is 5.34. The fraction of sp³-hybridized carbons (Fsp3) is 0.538. The molecule has 0 aromatic heterocycles. The van der Waals surface area contributed by atoms with Gasteiger partial charge in [-0.3, -0.25) is 0 Å². The molecule has 1 atom stereocenters. The van der Waals surface area contributed by atoms with Crippen LogP contribution < -0.4 is 5.73 Å². The molecule has 1 aromatic rings. The Morgan fingerprint density at radius 1 is 1.20 bits per heavy atom. The average molecular weight is 270 g/mol. The molecule has 2 N–H and O–H groups in total. The predicted molar refractivity (Wildman–Crippen MR) is 70.0 cm³/mol. The van der Waals surface area contributed by atoms with Crippen LogP contribution >= 0.6 is 15.9 Å². The summed E-state index contributed by atoms with van der Waals surface area (Å²) in [7, 11) is 0. The van der Waals surface area contributed by atoms with Crippen LogP contribution in [0.5, 0.6) is 0 Å². The Hall–Kier alpha value is -0.340. The monoisotopic (exact) mass is 269 g/mol. The fourth-order valence-electron chi connectivity index (χ4n) is 1.93. The van der Waals surface area contributed by atoms with E-state index in [0.29, 0.717) is 11.8 Å². The van der Waals surface area contributed by atoms with Crippen molar-refractivity contribution < 1.29 is 0 Å². The second-order valence-electron chi connectivity index (χ2n) is 4.33. The van der Waals surface area contributed by atoms with Crippen molar-refractivity contribution in [2.24, 2.45) is 11.7 Å². The van der Waals surface area contributed by atoms with Crippen LogP contribution in [0, 0.1) is 5.92 Å². The fourth-order valence-corrected chi connectivity index (χ4v) is 2.20. The van der Waals surface area contributed by atoms with Gasteiger partial charge in [0.2, 0.25) is 0 Å². The molecule has 0 amide bonds. The third kappa shape index (κ3) is 3.96. The van der Waals surface area contributed by atoms with Gasteiger partial charge in [-0.05, 0) is 48.9 Å². The van der Waals surface area contributed by atoms with Crippen LogP contribution in [-0.4, -0.2) is 6.54 Å². The first-order chi connectivity index (χ1) is 7.15. The molecule has 0 radical (unpaired) electrons.